The van der Waals surface area contributed by atoms with Gasteiger partial charge in [0.05, 0.1) is 0 Å². The minimum atomic E-state index is 0.515. The second kappa shape index (κ2) is 3.38. The first kappa shape index (κ1) is 8.98. The van der Waals surface area contributed by atoms with Crippen LogP contribution in [0, 0.1) is 0 Å². The van der Waals surface area contributed by atoms with Crippen molar-refractivity contribution in [1.82, 2.24) is 10.3 Å². The van der Waals surface area contributed by atoms with Crippen molar-refractivity contribution in [2.24, 2.45) is 0 Å². The van der Waals surface area contributed by atoms with E-state index in [1.807, 2.05) is 0 Å². The van der Waals surface area contributed by atoms with Crippen molar-refractivity contribution in [2.45, 2.75) is 25.8 Å². The van der Waals surface area contributed by atoms with E-state index < -0.39 is 0 Å². The molecule has 78 valence electrons. The Morgan fingerprint density at radius 2 is 2.20 bits per heavy atom. The molecule has 2 heteroatoms. The number of H-pyrrole nitrogens is 1. The van der Waals surface area contributed by atoms with Crippen molar-refractivity contribution in [3.63, 3.8) is 0 Å². The van der Waals surface area contributed by atoms with E-state index in [9.17, 15) is 0 Å². The van der Waals surface area contributed by atoms with Crippen molar-refractivity contribution in [2.75, 3.05) is 6.54 Å². The van der Waals surface area contributed by atoms with Crippen LogP contribution in [0.25, 0.3) is 10.9 Å². The highest BCUT2D eigenvalue weighted by atomic mass is 15.0. The highest BCUT2D eigenvalue weighted by molar-refractivity contribution is 5.85. The van der Waals surface area contributed by atoms with Gasteiger partial charge in [0.1, 0.15) is 0 Å². The molecule has 2 nitrogen and oxygen atoms in total. The van der Waals surface area contributed by atoms with Gasteiger partial charge in [-0.2, -0.15) is 0 Å². The van der Waals surface area contributed by atoms with Crippen LogP contribution in [-0.4, -0.2) is 11.5 Å². The average molecular weight is 200 g/mol. The molecule has 2 aromatic rings. The van der Waals surface area contributed by atoms with E-state index >= 15 is 0 Å². The number of aromatic nitrogens is 1. The topological polar surface area (TPSA) is 27.8 Å². The third-order valence-corrected chi connectivity index (χ3v) is 3.37. The minimum Gasteiger partial charge on any atom is -0.357 e. The van der Waals surface area contributed by atoms with Crippen LogP contribution in [0.2, 0.25) is 0 Å². The normalized spacial score (nSPS) is 20.5. The molecule has 0 saturated heterocycles. The standard InChI is InChI=1S/C13H16N2/c1-2-11-13-10(7-8-14-11)9-5-3-4-6-12(9)15-13/h3-6,11,14-15H,2,7-8H2,1H3/t11-/m1/s1. The molecule has 0 saturated carbocycles. The van der Waals surface area contributed by atoms with Gasteiger partial charge in [-0.1, -0.05) is 25.1 Å². The second-order valence-corrected chi connectivity index (χ2v) is 4.23. The van der Waals surface area contributed by atoms with Crippen LogP contribution in [0.3, 0.4) is 0 Å². The van der Waals surface area contributed by atoms with E-state index in [-0.39, 0.29) is 0 Å². The fourth-order valence-electron chi connectivity index (χ4n) is 2.61. The maximum Gasteiger partial charge on any atom is 0.0473 e. The summed E-state index contributed by atoms with van der Waals surface area (Å²) >= 11 is 0. The molecule has 1 atom stereocenters. The zero-order valence-electron chi connectivity index (χ0n) is 9.01. The molecule has 2 heterocycles. The van der Waals surface area contributed by atoms with Crippen molar-refractivity contribution >= 4 is 10.9 Å². The fraction of sp³-hybridized carbons (Fsp3) is 0.385. The third-order valence-electron chi connectivity index (χ3n) is 3.37. The Bertz CT molecular complexity index is 484. The van der Waals surface area contributed by atoms with Crippen LogP contribution < -0.4 is 5.32 Å². The monoisotopic (exact) mass is 200 g/mol. The largest absolute Gasteiger partial charge is 0.357 e. The van der Waals surface area contributed by atoms with Crippen LogP contribution in [0.4, 0.5) is 0 Å². The Balaban J connectivity index is 2.24. The molecule has 0 bridgehead atoms. The van der Waals surface area contributed by atoms with Gasteiger partial charge in [0, 0.05) is 22.6 Å². The van der Waals surface area contributed by atoms with Crippen molar-refractivity contribution in [3.05, 3.63) is 35.5 Å². The van der Waals surface area contributed by atoms with Crippen LogP contribution >= 0.6 is 0 Å². The third kappa shape index (κ3) is 1.29. The predicted molar refractivity (Wildman–Crippen MR) is 63.0 cm³/mol. The number of hydrogen-bond acceptors (Lipinski definition) is 1. The zero-order valence-corrected chi connectivity index (χ0v) is 9.01. The number of benzene rings is 1. The summed E-state index contributed by atoms with van der Waals surface area (Å²) in [5.41, 5.74) is 4.21. The first-order valence-electron chi connectivity index (χ1n) is 5.73. The van der Waals surface area contributed by atoms with E-state index in [1.165, 1.54) is 22.2 Å². The number of fused-ring (bicyclic) bond motifs is 3. The average Bonchev–Trinajstić information content (AvgIpc) is 2.67. The second-order valence-electron chi connectivity index (χ2n) is 4.23. The molecule has 3 rings (SSSR count). The fourth-order valence-corrected chi connectivity index (χ4v) is 2.61. The predicted octanol–water partition coefficient (Wildman–Crippen LogP) is 2.76. The maximum atomic E-state index is 3.55. The lowest BCUT2D eigenvalue weighted by molar-refractivity contribution is 0.485. The van der Waals surface area contributed by atoms with E-state index in [0.29, 0.717) is 6.04 Å². The van der Waals surface area contributed by atoms with Gasteiger partial charge in [-0.3, -0.25) is 0 Å². The van der Waals surface area contributed by atoms with Crippen molar-refractivity contribution in [3.8, 4) is 0 Å². The molecule has 1 aliphatic rings. The summed E-state index contributed by atoms with van der Waals surface area (Å²) in [6, 6.07) is 9.13. The Morgan fingerprint density at radius 1 is 1.33 bits per heavy atom. The van der Waals surface area contributed by atoms with Crippen LogP contribution in [0.15, 0.2) is 24.3 Å². The summed E-state index contributed by atoms with van der Waals surface area (Å²) in [5, 5.41) is 4.96. The summed E-state index contributed by atoms with van der Waals surface area (Å²) < 4.78 is 0. The molecule has 0 aliphatic carbocycles. The van der Waals surface area contributed by atoms with Gasteiger partial charge >= 0.3 is 0 Å². The van der Waals surface area contributed by atoms with E-state index in [0.717, 1.165) is 19.4 Å². The van der Waals surface area contributed by atoms with E-state index in [2.05, 4.69) is 41.5 Å². The van der Waals surface area contributed by atoms with Gasteiger partial charge in [-0.05, 0) is 31.0 Å². The summed E-state index contributed by atoms with van der Waals surface area (Å²) in [4.78, 5) is 3.55. The van der Waals surface area contributed by atoms with Crippen LogP contribution in [0.5, 0.6) is 0 Å². The summed E-state index contributed by atoms with van der Waals surface area (Å²) in [7, 11) is 0. The number of rotatable bonds is 1. The number of para-hydroxylation sites is 1. The Hall–Kier alpha value is -1.28. The van der Waals surface area contributed by atoms with Crippen molar-refractivity contribution < 1.29 is 0 Å². The van der Waals surface area contributed by atoms with Gasteiger partial charge in [0.15, 0.2) is 0 Å². The van der Waals surface area contributed by atoms with Crippen LogP contribution in [0.1, 0.15) is 30.6 Å². The molecule has 0 fully saturated rings. The smallest absolute Gasteiger partial charge is 0.0473 e. The molecule has 15 heavy (non-hydrogen) atoms. The van der Waals surface area contributed by atoms with Gasteiger partial charge in [0.25, 0.3) is 0 Å². The highest BCUT2D eigenvalue weighted by Crippen LogP contribution is 2.30. The molecule has 1 aliphatic heterocycles. The van der Waals surface area contributed by atoms with Gasteiger partial charge in [-0.25, -0.2) is 0 Å². The number of aromatic amines is 1. The molecular weight excluding hydrogens is 184 g/mol. The number of hydrogen-bond donors (Lipinski definition) is 2. The van der Waals surface area contributed by atoms with Gasteiger partial charge in [0.2, 0.25) is 0 Å². The molecule has 0 radical (unpaired) electrons. The maximum absolute atomic E-state index is 3.55. The highest BCUT2D eigenvalue weighted by Gasteiger charge is 2.21. The first-order valence-corrected chi connectivity index (χ1v) is 5.73. The van der Waals surface area contributed by atoms with Gasteiger partial charge in [-0.15, -0.1) is 0 Å². The summed E-state index contributed by atoms with van der Waals surface area (Å²) in [5.74, 6) is 0. The van der Waals surface area contributed by atoms with Gasteiger partial charge < -0.3 is 10.3 Å². The summed E-state index contributed by atoms with van der Waals surface area (Å²) in [6.45, 7) is 3.34. The lowest BCUT2D eigenvalue weighted by Crippen LogP contribution is -2.29. The molecule has 2 N–H and O–H groups in total. The molecule has 0 spiro atoms. The SMILES string of the molecule is CC[C@H]1NCCc2c1[nH]c1ccccc21. The quantitative estimate of drug-likeness (QED) is 0.728. The first-order chi connectivity index (χ1) is 7.40. The lowest BCUT2D eigenvalue weighted by atomic mass is 9.98. The zero-order chi connectivity index (χ0) is 10.3. The number of nitrogens with one attached hydrogen (secondary N) is 2. The Morgan fingerprint density at radius 3 is 3.07 bits per heavy atom. The molecule has 0 unspecified atom stereocenters. The summed E-state index contributed by atoms with van der Waals surface area (Å²) in [6.07, 6.45) is 2.30. The molecule has 1 aromatic carbocycles. The lowest BCUT2D eigenvalue weighted by Gasteiger charge is -2.22. The minimum absolute atomic E-state index is 0.515. The van der Waals surface area contributed by atoms with E-state index in [1.54, 1.807) is 0 Å². The Kier molecular flexibility index (Phi) is 2.03. The molecule has 0 amide bonds. The molecular formula is C13H16N2. The van der Waals surface area contributed by atoms with Crippen molar-refractivity contribution in [1.29, 1.82) is 0 Å². The van der Waals surface area contributed by atoms with Crippen LogP contribution in [-0.2, 0) is 6.42 Å². The van der Waals surface area contributed by atoms with E-state index in [4.69, 9.17) is 0 Å². The molecule has 1 aromatic heterocycles. The Labute approximate surface area is 89.7 Å².